The Balaban J connectivity index is 1.29. The van der Waals surface area contributed by atoms with Gasteiger partial charge in [-0.1, -0.05) is 12.1 Å². The average Bonchev–Trinajstić information content (AvgIpc) is 3.19. The van der Waals surface area contributed by atoms with Crippen LogP contribution >= 0.6 is 0 Å². The van der Waals surface area contributed by atoms with Crippen molar-refractivity contribution < 1.29 is 19.0 Å². The van der Waals surface area contributed by atoms with Gasteiger partial charge in [0.2, 0.25) is 11.8 Å². The van der Waals surface area contributed by atoms with E-state index in [1.807, 2.05) is 45.2 Å². The van der Waals surface area contributed by atoms with Gasteiger partial charge in [-0.15, -0.1) is 5.10 Å². The van der Waals surface area contributed by atoms with Crippen LogP contribution in [-0.4, -0.2) is 72.1 Å². The van der Waals surface area contributed by atoms with Crippen molar-refractivity contribution in [3.8, 4) is 11.6 Å². The number of aromatic nitrogens is 3. The first-order valence-corrected chi connectivity index (χ1v) is 12.1. The van der Waals surface area contributed by atoms with Gasteiger partial charge < -0.3 is 19.5 Å². The predicted molar refractivity (Wildman–Crippen MR) is 134 cm³/mol. The SMILES string of the molecule is COc1nn(C)c2nc(C)c(CCC(=O)NCc3cccc(OCCN4CCOCC4)c3)c(C)c12. The number of fused-ring (bicyclic) bond motifs is 1. The molecule has 1 aromatic carbocycles. The van der Waals surface area contributed by atoms with E-state index in [1.165, 1.54) is 0 Å². The zero-order valence-corrected chi connectivity index (χ0v) is 21.1. The molecule has 1 saturated heterocycles. The normalized spacial score (nSPS) is 14.3. The molecule has 0 aliphatic carbocycles. The van der Waals surface area contributed by atoms with Gasteiger partial charge in [0, 0.05) is 45.3 Å². The Hall–Kier alpha value is -3.17. The van der Waals surface area contributed by atoms with Gasteiger partial charge in [-0.3, -0.25) is 9.69 Å². The van der Waals surface area contributed by atoms with Crippen LogP contribution in [0.2, 0.25) is 0 Å². The van der Waals surface area contributed by atoms with Gasteiger partial charge in [0.25, 0.3) is 0 Å². The molecule has 0 atom stereocenters. The minimum Gasteiger partial charge on any atom is -0.492 e. The van der Waals surface area contributed by atoms with Gasteiger partial charge in [0.05, 0.1) is 25.7 Å². The van der Waals surface area contributed by atoms with Crippen LogP contribution in [0.5, 0.6) is 11.6 Å². The number of rotatable bonds is 10. The molecule has 1 fully saturated rings. The lowest BCUT2D eigenvalue weighted by Gasteiger charge is -2.26. The number of pyridine rings is 1. The number of nitrogens with zero attached hydrogens (tertiary/aromatic N) is 4. The summed E-state index contributed by atoms with van der Waals surface area (Å²) in [7, 11) is 3.46. The zero-order chi connectivity index (χ0) is 24.8. The molecule has 0 spiro atoms. The molecule has 3 heterocycles. The average molecular weight is 482 g/mol. The van der Waals surface area contributed by atoms with Gasteiger partial charge in [-0.25, -0.2) is 9.67 Å². The second-order valence-corrected chi connectivity index (χ2v) is 8.86. The monoisotopic (exact) mass is 481 g/mol. The molecule has 1 amide bonds. The van der Waals surface area contributed by atoms with Crippen molar-refractivity contribution >= 4 is 16.9 Å². The molecular formula is C26H35N5O4. The van der Waals surface area contributed by atoms with Crippen LogP contribution in [0.25, 0.3) is 11.0 Å². The Morgan fingerprint density at radius 1 is 1.23 bits per heavy atom. The number of carbonyl (C=O) groups is 1. The summed E-state index contributed by atoms with van der Waals surface area (Å²) in [6.45, 7) is 9.48. The highest BCUT2D eigenvalue weighted by Crippen LogP contribution is 2.30. The fourth-order valence-corrected chi connectivity index (χ4v) is 4.50. The maximum Gasteiger partial charge on any atom is 0.242 e. The summed E-state index contributed by atoms with van der Waals surface area (Å²) in [5.41, 5.74) is 4.84. The van der Waals surface area contributed by atoms with E-state index in [0.29, 0.717) is 31.9 Å². The van der Waals surface area contributed by atoms with Crippen molar-refractivity contribution in [2.75, 3.05) is 46.6 Å². The van der Waals surface area contributed by atoms with E-state index in [4.69, 9.17) is 19.2 Å². The molecule has 9 heteroatoms. The topological polar surface area (TPSA) is 90.7 Å². The fraction of sp³-hybridized carbons (Fsp3) is 0.500. The van der Waals surface area contributed by atoms with Crippen LogP contribution in [0.1, 0.15) is 28.8 Å². The maximum atomic E-state index is 12.6. The highest BCUT2D eigenvalue weighted by molar-refractivity contribution is 5.86. The van der Waals surface area contributed by atoms with E-state index in [9.17, 15) is 4.79 Å². The summed E-state index contributed by atoms with van der Waals surface area (Å²) in [5, 5.41) is 8.33. The lowest BCUT2D eigenvalue weighted by Crippen LogP contribution is -2.38. The first-order valence-electron chi connectivity index (χ1n) is 12.1. The smallest absolute Gasteiger partial charge is 0.242 e. The van der Waals surface area contributed by atoms with Crippen molar-refractivity contribution in [2.45, 2.75) is 33.2 Å². The molecule has 35 heavy (non-hydrogen) atoms. The Bertz CT molecular complexity index is 1170. The molecule has 1 N–H and O–H groups in total. The minimum absolute atomic E-state index is 0.000637. The predicted octanol–water partition coefficient (Wildman–Crippen LogP) is 2.55. The summed E-state index contributed by atoms with van der Waals surface area (Å²) < 4.78 is 18.5. The number of ether oxygens (including phenoxy) is 3. The number of nitrogens with one attached hydrogen (secondary N) is 1. The number of methoxy groups -OCH3 is 1. The summed E-state index contributed by atoms with van der Waals surface area (Å²) in [6.07, 6.45) is 0.988. The summed E-state index contributed by atoms with van der Waals surface area (Å²) in [4.78, 5) is 19.7. The molecule has 3 aromatic rings. The Labute approximate surface area is 206 Å². The largest absolute Gasteiger partial charge is 0.492 e. The number of morpholine rings is 1. The van der Waals surface area contributed by atoms with Crippen LogP contribution in [0, 0.1) is 13.8 Å². The molecule has 0 saturated carbocycles. The molecule has 4 rings (SSSR count). The van der Waals surface area contributed by atoms with Crippen LogP contribution in [0.15, 0.2) is 24.3 Å². The van der Waals surface area contributed by atoms with Crippen LogP contribution in [0.3, 0.4) is 0 Å². The Kier molecular flexibility index (Phi) is 8.20. The molecule has 0 bridgehead atoms. The number of benzene rings is 1. The molecule has 0 unspecified atom stereocenters. The second kappa shape index (κ2) is 11.5. The van der Waals surface area contributed by atoms with Gasteiger partial charge >= 0.3 is 0 Å². The van der Waals surface area contributed by atoms with E-state index < -0.39 is 0 Å². The van der Waals surface area contributed by atoms with Gasteiger partial charge in [-0.05, 0) is 49.1 Å². The van der Waals surface area contributed by atoms with Crippen molar-refractivity contribution in [3.63, 3.8) is 0 Å². The summed E-state index contributed by atoms with van der Waals surface area (Å²) >= 11 is 0. The van der Waals surface area contributed by atoms with Gasteiger partial charge in [0.15, 0.2) is 5.65 Å². The lowest BCUT2D eigenvalue weighted by atomic mass is 10.00. The summed E-state index contributed by atoms with van der Waals surface area (Å²) in [5.74, 6) is 1.38. The number of hydrogen-bond acceptors (Lipinski definition) is 7. The fourth-order valence-electron chi connectivity index (χ4n) is 4.50. The molecule has 0 radical (unpaired) electrons. The quantitative estimate of drug-likeness (QED) is 0.476. The first-order chi connectivity index (χ1) is 17.0. The molecule has 188 valence electrons. The van der Waals surface area contributed by atoms with Gasteiger partial charge in [0.1, 0.15) is 12.4 Å². The van der Waals surface area contributed by atoms with E-state index in [0.717, 1.165) is 72.0 Å². The first kappa shape index (κ1) is 24.9. The molecule has 9 nitrogen and oxygen atoms in total. The van der Waals surface area contributed by atoms with Crippen molar-refractivity contribution in [1.82, 2.24) is 25.0 Å². The van der Waals surface area contributed by atoms with Crippen LogP contribution in [0.4, 0.5) is 0 Å². The minimum atomic E-state index is 0.000637. The van der Waals surface area contributed by atoms with Crippen LogP contribution < -0.4 is 14.8 Å². The standard InChI is InChI=1S/C26H35N5O4/c1-18-22(19(2)28-25-24(18)26(33-4)29-30(25)3)8-9-23(32)27-17-20-6-5-7-21(16-20)35-15-12-31-10-13-34-14-11-31/h5-7,16H,8-15,17H2,1-4H3,(H,27,32). The number of hydrogen-bond donors (Lipinski definition) is 1. The zero-order valence-electron chi connectivity index (χ0n) is 21.1. The number of carbonyl (C=O) groups excluding carboxylic acids is 1. The number of amides is 1. The number of aryl methyl sites for hydroxylation is 3. The van der Waals surface area contributed by atoms with Crippen molar-refractivity contribution in [2.24, 2.45) is 7.05 Å². The van der Waals surface area contributed by atoms with Crippen molar-refractivity contribution in [1.29, 1.82) is 0 Å². The molecule has 1 aliphatic heterocycles. The molecule has 1 aliphatic rings. The van der Waals surface area contributed by atoms with E-state index in [1.54, 1.807) is 11.8 Å². The second-order valence-electron chi connectivity index (χ2n) is 8.86. The highest BCUT2D eigenvalue weighted by atomic mass is 16.5. The molecule has 2 aromatic heterocycles. The lowest BCUT2D eigenvalue weighted by molar-refractivity contribution is -0.121. The Morgan fingerprint density at radius 3 is 2.80 bits per heavy atom. The third-order valence-corrected chi connectivity index (χ3v) is 6.49. The third kappa shape index (κ3) is 6.10. The van der Waals surface area contributed by atoms with Crippen LogP contribution in [-0.2, 0) is 29.5 Å². The third-order valence-electron chi connectivity index (χ3n) is 6.49. The van der Waals surface area contributed by atoms with Gasteiger partial charge in [-0.2, -0.15) is 0 Å². The maximum absolute atomic E-state index is 12.6. The van der Waals surface area contributed by atoms with E-state index in [2.05, 4.69) is 15.3 Å². The highest BCUT2D eigenvalue weighted by Gasteiger charge is 2.18. The Morgan fingerprint density at radius 2 is 2.03 bits per heavy atom. The summed E-state index contributed by atoms with van der Waals surface area (Å²) in [6, 6.07) is 7.89. The van der Waals surface area contributed by atoms with E-state index >= 15 is 0 Å². The van der Waals surface area contributed by atoms with Crippen molar-refractivity contribution in [3.05, 3.63) is 46.6 Å². The molecular weight excluding hydrogens is 446 g/mol. The van der Waals surface area contributed by atoms with E-state index in [-0.39, 0.29) is 5.91 Å².